The highest BCUT2D eigenvalue weighted by Gasteiger charge is 2.04. The van der Waals surface area contributed by atoms with Crippen molar-refractivity contribution in [2.75, 3.05) is 18.5 Å². The first-order valence-corrected chi connectivity index (χ1v) is 8.39. The number of carbonyl (C=O) groups is 1. The summed E-state index contributed by atoms with van der Waals surface area (Å²) in [7, 11) is 0. The van der Waals surface area contributed by atoms with Gasteiger partial charge in [-0.1, -0.05) is 30.3 Å². The Labute approximate surface area is 151 Å². The number of hydrogen-bond donors (Lipinski definition) is 1. The molecule has 0 aliphatic rings. The number of carbonyl (C=O) groups excluding carboxylic acids is 1. The van der Waals surface area contributed by atoms with Crippen LogP contribution < -0.4 is 5.32 Å². The average molecular weight is 355 g/mol. The standard InChI is InChI=1S/C19H21N3O4/c23-19(12-9-16-7-3-1-4-8-16)26-14-6-2-5-13-20-18-11-10-17(15-21-18)22(24)25/h1,3-4,7-12,15H,2,5-6,13-14H2,(H,20,21)/b12-9+. The average Bonchev–Trinajstić information content (AvgIpc) is 2.67. The molecule has 26 heavy (non-hydrogen) atoms. The van der Waals surface area contributed by atoms with Crippen LogP contribution in [0.1, 0.15) is 24.8 Å². The van der Waals surface area contributed by atoms with E-state index in [2.05, 4.69) is 10.3 Å². The monoisotopic (exact) mass is 355 g/mol. The molecule has 136 valence electrons. The van der Waals surface area contributed by atoms with Crippen LogP contribution in [-0.2, 0) is 9.53 Å². The van der Waals surface area contributed by atoms with Crippen molar-refractivity contribution in [1.82, 2.24) is 4.98 Å². The molecule has 1 heterocycles. The summed E-state index contributed by atoms with van der Waals surface area (Å²) in [4.78, 5) is 25.6. The predicted octanol–water partition coefficient (Wildman–Crippen LogP) is 3.83. The van der Waals surface area contributed by atoms with Crippen molar-refractivity contribution in [3.63, 3.8) is 0 Å². The maximum absolute atomic E-state index is 11.6. The Morgan fingerprint density at radius 1 is 1.15 bits per heavy atom. The molecule has 0 unspecified atom stereocenters. The number of unbranched alkanes of at least 4 members (excludes halogenated alkanes) is 2. The van der Waals surface area contributed by atoms with Crippen LogP contribution >= 0.6 is 0 Å². The molecule has 2 aromatic rings. The molecule has 0 aliphatic carbocycles. The first-order valence-electron chi connectivity index (χ1n) is 8.39. The van der Waals surface area contributed by atoms with Crippen molar-refractivity contribution in [2.45, 2.75) is 19.3 Å². The highest BCUT2D eigenvalue weighted by atomic mass is 16.6. The summed E-state index contributed by atoms with van der Waals surface area (Å²) in [5.74, 6) is 0.259. The van der Waals surface area contributed by atoms with Gasteiger partial charge in [0.2, 0.25) is 0 Å². The van der Waals surface area contributed by atoms with Crippen LogP contribution in [0.4, 0.5) is 11.5 Å². The number of nitro groups is 1. The molecule has 1 N–H and O–H groups in total. The number of ether oxygens (including phenoxy) is 1. The number of nitrogens with zero attached hydrogens (tertiary/aromatic N) is 2. The van der Waals surface area contributed by atoms with Crippen molar-refractivity contribution >= 4 is 23.6 Å². The van der Waals surface area contributed by atoms with Crippen LogP contribution in [0.2, 0.25) is 0 Å². The predicted molar refractivity (Wildman–Crippen MR) is 99.7 cm³/mol. The van der Waals surface area contributed by atoms with Gasteiger partial charge in [-0.25, -0.2) is 9.78 Å². The molecule has 0 atom stereocenters. The van der Waals surface area contributed by atoms with Gasteiger partial charge < -0.3 is 10.1 Å². The van der Waals surface area contributed by atoms with E-state index in [0.29, 0.717) is 19.0 Å². The molecule has 0 fully saturated rings. The lowest BCUT2D eigenvalue weighted by Crippen LogP contribution is -2.05. The molecule has 0 saturated carbocycles. The van der Waals surface area contributed by atoms with E-state index in [9.17, 15) is 14.9 Å². The molecule has 0 radical (unpaired) electrons. The minimum atomic E-state index is -0.479. The molecule has 2 rings (SSSR count). The fraction of sp³-hybridized carbons (Fsp3) is 0.263. The summed E-state index contributed by atoms with van der Waals surface area (Å²) in [6, 6.07) is 12.6. The number of hydrogen-bond acceptors (Lipinski definition) is 6. The van der Waals surface area contributed by atoms with Gasteiger partial charge in [0, 0.05) is 18.7 Å². The van der Waals surface area contributed by atoms with E-state index < -0.39 is 4.92 Å². The SMILES string of the molecule is O=C(/C=C/c1ccccc1)OCCCCCNc1ccc([N+](=O)[O-])cn1. The maximum atomic E-state index is 11.6. The molecule has 7 heteroatoms. The van der Waals surface area contributed by atoms with E-state index in [-0.39, 0.29) is 11.7 Å². The third-order valence-electron chi connectivity index (χ3n) is 3.54. The zero-order chi connectivity index (χ0) is 18.6. The van der Waals surface area contributed by atoms with Crippen LogP contribution in [0.5, 0.6) is 0 Å². The Morgan fingerprint density at radius 3 is 2.65 bits per heavy atom. The zero-order valence-corrected chi connectivity index (χ0v) is 14.3. The number of anilines is 1. The summed E-state index contributed by atoms with van der Waals surface area (Å²) in [5.41, 5.74) is 0.925. The van der Waals surface area contributed by atoms with Gasteiger partial charge in [-0.3, -0.25) is 10.1 Å². The number of benzene rings is 1. The number of rotatable bonds is 10. The van der Waals surface area contributed by atoms with Gasteiger partial charge in [0.05, 0.1) is 11.5 Å². The fourth-order valence-electron chi connectivity index (χ4n) is 2.17. The van der Waals surface area contributed by atoms with Gasteiger partial charge in [0.25, 0.3) is 5.69 Å². The summed E-state index contributed by atoms with van der Waals surface area (Å²) < 4.78 is 5.14. The van der Waals surface area contributed by atoms with Gasteiger partial charge in [-0.15, -0.1) is 0 Å². The van der Waals surface area contributed by atoms with Crippen LogP contribution in [0.15, 0.2) is 54.7 Å². The number of nitrogens with one attached hydrogen (secondary N) is 1. The highest BCUT2D eigenvalue weighted by molar-refractivity contribution is 5.86. The topological polar surface area (TPSA) is 94.4 Å². The number of esters is 1. The molecular weight excluding hydrogens is 334 g/mol. The van der Waals surface area contributed by atoms with E-state index in [1.54, 1.807) is 12.1 Å². The Balaban J connectivity index is 1.53. The Kier molecular flexibility index (Phi) is 7.79. The fourth-order valence-corrected chi connectivity index (χ4v) is 2.17. The second kappa shape index (κ2) is 10.6. The Hall–Kier alpha value is -3.22. The molecule has 0 saturated heterocycles. The first-order chi connectivity index (χ1) is 12.6. The van der Waals surface area contributed by atoms with E-state index in [1.807, 2.05) is 30.3 Å². The summed E-state index contributed by atoms with van der Waals surface area (Å²) >= 11 is 0. The molecule has 0 amide bonds. The molecule has 1 aromatic carbocycles. The third kappa shape index (κ3) is 7.12. The van der Waals surface area contributed by atoms with Crippen LogP contribution in [-0.4, -0.2) is 29.0 Å². The summed E-state index contributed by atoms with van der Waals surface area (Å²) in [6.07, 6.45) is 6.94. The van der Waals surface area contributed by atoms with Crippen molar-refractivity contribution in [1.29, 1.82) is 0 Å². The van der Waals surface area contributed by atoms with Crippen LogP contribution in [0, 0.1) is 10.1 Å². The second-order valence-corrected chi connectivity index (χ2v) is 5.56. The maximum Gasteiger partial charge on any atom is 0.330 e. The lowest BCUT2D eigenvalue weighted by molar-refractivity contribution is -0.385. The summed E-state index contributed by atoms with van der Waals surface area (Å²) in [5, 5.41) is 13.6. The normalized spacial score (nSPS) is 10.6. The molecule has 7 nitrogen and oxygen atoms in total. The molecule has 0 aliphatic heterocycles. The zero-order valence-electron chi connectivity index (χ0n) is 14.3. The summed E-state index contributed by atoms with van der Waals surface area (Å²) in [6.45, 7) is 1.08. The molecular formula is C19H21N3O4. The van der Waals surface area contributed by atoms with E-state index >= 15 is 0 Å². The molecule has 0 spiro atoms. The van der Waals surface area contributed by atoms with Crippen molar-refractivity contribution in [2.24, 2.45) is 0 Å². The molecule has 1 aromatic heterocycles. The van der Waals surface area contributed by atoms with E-state index in [4.69, 9.17) is 4.74 Å². The second-order valence-electron chi connectivity index (χ2n) is 5.56. The molecule has 0 bridgehead atoms. The smallest absolute Gasteiger partial charge is 0.330 e. The number of aromatic nitrogens is 1. The highest BCUT2D eigenvalue weighted by Crippen LogP contribution is 2.11. The van der Waals surface area contributed by atoms with Crippen molar-refractivity contribution in [3.8, 4) is 0 Å². The van der Waals surface area contributed by atoms with Gasteiger partial charge in [0.1, 0.15) is 12.0 Å². The van der Waals surface area contributed by atoms with Gasteiger partial charge in [0.15, 0.2) is 0 Å². The number of pyridine rings is 1. The van der Waals surface area contributed by atoms with E-state index in [0.717, 1.165) is 24.8 Å². The van der Waals surface area contributed by atoms with Gasteiger partial charge >= 0.3 is 5.97 Å². The lowest BCUT2D eigenvalue weighted by Gasteiger charge is -2.05. The Bertz CT molecular complexity index is 730. The van der Waals surface area contributed by atoms with Crippen LogP contribution in [0.25, 0.3) is 6.08 Å². The first kappa shape index (κ1) is 19.1. The van der Waals surface area contributed by atoms with Crippen molar-refractivity contribution in [3.05, 3.63) is 70.4 Å². The lowest BCUT2D eigenvalue weighted by atomic mass is 10.2. The van der Waals surface area contributed by atoms with E-state index in [1.165, 1.54) is 18.3 Å². The van der Waals surface area contributed by atoms with Gasteiger partial charge in [-0.2, -0.15) is 0 Å². The largest absolute Gasteiger partial charge is 0.463 e. The Morgan fingerprint density at radius 2 is 1.96 bits per heavy atom. The quantitative estimate of drug-likeness (QED) is 0.229. The van der Waals surface area contributed by atoms with Gasteiger partial charge in [-0.05, 0) is 37.0 Å². The third-order valence-corrected chi connectivity index (χ3v) is 3.54. The minimum Gasteiger partial charge on any atom is -0.463 e. The van der Waals surface area contributed by atoms with Crippen molar-refractivity contribution < 1.29 is 14.5 Å². The van der Waals surface area contributed by atoms with Crippen LogP contribution in [0.3, 0.4) is 0 Å². The minimum absolute atomic E-state index is 0.0290.